The van der Waals surface area contributed by atoms with Gasteiger partial charge in [0.25, 0.3) is 0 Å². The molecule has 0 heterocycles. The molecule has 0 spiro atoms. The highest BCUT2D eigenvalue weighted by Crippen LogP contribution is 2.05. The lowest BCUT2D eigenvalue weighted by Gasteiger charge is -1.94. The highest BCUT2D eigenvalue weighted by molar-refractivity contribution is 8.00. The fourth-order valence-corrected chi connectivity index (χ4v) is 1.45. The molecule has 0 saturated carbocycles. The van der Waals surface area contributed by atoms with Crippen LogP contribution in [0.3, 0.4) is 0 Å². The molecule has 11 heavy (non-hydrogen) atoms. The molecular formula is C8H8O2S. The Hall–Kier alpha value is -0.960. The maximum atomic E-state index is 11.1. The van der Waals surface area contributed by atoms with E-state index in [2.05, 4.69) is 0 Å². The summed E-state index contributed by atoms with van der Waals surface area (Å²) < 4.78 is 11.1. The van der Waals surface area contributed by atoms with E-state index >= 15 is 0 Å². The second kappa shape index (κ2) is 3.44. The standard InChI is InChI=1S/C8H8O2S/c1-7(9)11(10)8-5-3-2-4-6-8/h2-6H,1H3. The highest BCUT2D eigenvalue weighted by Gasteiger charge is 2.06. The highest BCUT2D eigenvalue weighted by atomic mass is 32.2. The minimum atomic E-state index is -1.47. The van der Waals surface area contributed by atoms with Crippen LogP contribution in [0.5, 0.6) is 0 Å². The van der Waals surface area contributed by atoms with E-state index < -0.39 is 10.8 Å². The van der Waals surface area contributed by atoms with Crippen LogP contribution in [0, 0.1) is 0 Å². The van der Waals surface area contributed by atoms with Crippen LogP contribution in [0.25, 0.3) is 0 Å². The van der Waals surface area contributed by atoms with Gasteiger partial charge in [-0.2, -0.15) is 0 Å². The molecule has 0 aliphatic rings. The SMILES string of the molecule is CC(=O)S(=O)c1ccccc1. The van der Waals surface area contributed by atoms with Crippen LogP contribution >= 0.6 is 0 Å². The van der Waals surface area contributed by atoms with E-state index in [1.807, 2.05) is 6.07 Å². The van der Waals surface area contributed by atoms with Crippen molar-refractivity contribution in [2.45, 2.75) is 11.8 Å². The van der Waals surface area contributed by atoms with Gasteiger partial charge in [-0.1, -0.05) is 18.2 Å². The predicted octanol–water partition coefficient (Wildman–Crippen LogP) is 1.34. The lowest BCUT2D eigenvalue weighted by molar-refractivity contribution is -0.109. The van der Waals surface area contributed by atoms with Crippen molar-refractivity contribution in [2.24, 2.45) is 0 Å². The zero-order valence-corrected chi connectivity index (χ0v) is 6.93. The third-order valence-corrected chi connectivity index (χ3v) is 2.44. The molecule has 1 rings (SSSR count). The van der Waals surface area contributed by atoms with Crippen LogP contribution in [0.15, 0.2) is 35.2 Å². The average molecular weight is 168 g/mol. The quantitative estimate of drug-likeness (QED) is 0.634. The molecule has 2 nitrogen and oxygen atoms in total. The normalized spacial score (nSPS) is 12.5. The molecule has 58 valence electrons. The number of carbonyl (C=O) groups is 1. The molecule has 1 atom stereocenters. The van der Waals surface area contributed by atoms with E-state index in [1.54, 1.807) is 24.3 Å². The van der Waals surface area contributed by atoms with Gasteiger partial charge in [-0.3, -0.25) is 4.79 Å². The van der Waals surface area contributed by atoms with E-state index in [9.17, 15) is 9.00 Å². The van der Waals surface area contributed by atoms with Crippen molar-refractivity contribution in [3.8, 4) is 0 Å². The molecule has 0 aliphatic carbocycles. The van der Waals surface area contributed by atoms with E-state index in [0.29, 0.717) is 4.90 Å². The molecule has 0 aromatic heterocycles. The smallest absolute Gasteiger partial charge is 0.220 e. The van der Waals surface area contributed by atoms with Gasteiger partial charge in [-0.05, 0) is 12.1 Å². The number of carbonyl (C=O) groups excluding carboxylic acids is 1. The van der Waals surface area contributed by atoms with Crippen molar-refractivity contribution in [2.75, 3.05) is 0 Å². The summed E-state index contributed by atoms with van der Waals surface area (Å²) in [5, 5.41) is -0.309. The molecule has 1 unspecified atom stereocenters. The van der Waals surface area contributed by atoms with Gasteiger partial charge in [-0.15, -0.1) is 0 Å². The third-order valence-electron chi connectivity index (χ3n) is 1.22. The van der Waals surface area contributed by atoms with Crippen molar-refractivity contribution in [1.82, 2.24) is 0 Å². The Morgan fingerprint density at radius 1 is 1.27 bits per heavy atom. The molecule has 1 aromatic carbocycles. The monoisotopic (exact) mass is 168 g/mol. The summed E-state index contributed by atoms with van der Waals surface area (Å²) in [6, 6.07) is 8.70. The second-order valence-electron chi connectivity index (χ2n) is 2.07. The molecule has 0 bridgehead atoms. The lowest BCUT2D eigenvalue weighted by Crippen LogP contribution is -2.01. The molecule has 0 radical (unpaired) electrons. The van der Waals surface area contributed by atoms with Crippen LogP contribution < -0.4 is 0 Å². The summed E-state index contributed by atoms with van der Waals surface area (Å²) in [7, 11) is -1.47. The molecule has 0 fully saturated rings. The van der Waals surface area contributed by atoms with Gasteiger partial charge >= 0.3 is 0 Å². The van der Waals surface area contributed by atoms with Gasteiger partial charge in [0.2, 0.25) is 5.12 Å². The zero-order chi connectivity index (χ0) is 8.27. The van der Waals surface area contributed by atoms with Crippen molar-refractivity contribution >= 4 is 15.9 Å². The van der Waals surface area contributed by atoms with Crippen molar-refractivity contribution in [3.05, 3.63) is 30.3 Å². The average Bonchev–Trinajstić information content (AvgIpc) is 2.05. The zero-order valence-electron chi connectivity index (χ0n) is 6.11. The first-order valence-corrected chi connectivity index (χ1v) is 4.34. The van der Waals surface area contributed by atoms with Crippen molar-refractivity contribution in [1.29, 1.82) is 0 Å². The first kappa shape index (κ1) is 8.14. The van der Waals surface area contributed by atoms with Crippen molar-refractivity contribution < 1.29 is 9.00 Å². The molecule has 0 N–H and O–H groups in total. The summed E-state index contributed by atoms with van der Waals surface area (Å²) >= 11 is 0. The predicted molar refractivity (Wildman–Crippen MR) is 43.5 cm³/mol. The Kier molecular flexibility index (Phi) is 2.54. The maximum Gasteiger partial charge on any atom is 0.220 e. The Morgan fingerprint density at radius 2 is 1.82 bits per heavy atom. The van der Waals surface area contributed by atoms with Crippen LogP contribution in [0.1, 0.15) is 6.92 Å². The maximum absolute atomic E-state index is 11.1. The Morgan fingerprint density at radius 3 is 2.27 bits per heavy atom. The minimum absolute atomic E-state index is 0.309. The summed E-state index contributed by atoms with van der Waals surface area (Å²) in [4.78, 5) is 11.2. The Balaban J connectivity index is 2.95. The van der Waals surface area contributed by atoms with E-state index in [-0.39, 0.29) is 5.12 Å². The second-order valence-corrected chi connectivity index (χ2v) is 3.66. The van der Waals surface area contributed by atoms with Crippen LogP contribution in [0.2, 0.25) is 0 Å². The van der Waals surface area contributed by atoms with Gasteiger partial charge in [-0.25, -0.2) is 4.21 Å². The van der Waals surface area contributed by atoms with Gasteiger partial charge in [0, 0.05) is 11.8 Å². The number of rotatable bonds is 1. The van der Waals surface area contributed by atoms with Gasteiger partial charge in [0.05, 0.1) is 0 Å². The Labute approximate surface area is 67.7 Å². The van der Waals surface area contributed by atoms with Gasteiger partial charge in [0.1, 0.15) is 10.8 Å². The summed E-state index contributed by atoms with van der Waals surface area (Å²) in [6.07, 6.45) is 0. The topological polar surface area (TPSA) is 34.1 Å². The fraction of sp³-hybridized carbons (Fsp3) is 0.125. The van der Waals surface area contributed by atoms with E-state index in [1.165, 1.54) is 6.92 Å². The largest absolute Gasteiger partial charge is 0.284 e. The summed E-state index contributed by atoms with van der Waals surface area (Å²) in [6.45, 7) is 1.32. The number of hydrogen-bond donors (Lipinski definition) is 0. The van der Waals surface area contributed by atoms with Crippen LogP contribution in [-0.4, -0.2) is 9.32 Å². The van der Waals surface area contributed by atoms with E-state index in [4.69, 9.17) is 0 Å². The molecule has 0 aliphatic heterocycles. The fourth-order valence-electron chi connectivity index (χ4n) is 0.710. The van der Waals surface area contributed by atoms with Gasteiger partial charge in [0.15, 0.2) is 0 Å². The van der Waals surface area contributed by atoms with Crippen LogP contribution in [0.4, 0.5) is 0 Å². The van der Waals surface area contributed by atoms with Gasteiger partial charge < -0.3 is 0 Å². The Bertz CT molecular complexity index is 279. The minimum Gasteiger partial charge on any atom is -0.284 e. The number of benzene rings is 1. The first-order valence-electron chi connectivity index (χ1n) is 3.19. The molecule has 0 saturated heterocycles. The lowest BCUT2D eigenvalue weighted by atomic mass is 10.4. The molecular weight excluding hydrogens is 160 g/mol. The molecule has 1 aromatic rings. The summed E-state index contributed by atoms with van der Waals surface area (Å²) in [5.41, 5.74) is 0. The molecule has 3 heteroatoms. The van der Waals surface area contributed by atoms with E-state index in [0.717, 1.165) is 0 Å². The van der Waals surface area contributed by atoms with Crippen LogP contribution in [-0.2, 0) is 15.6 Å². The third kappa shape index (κ3) is 1.98. The summed E-state index contributed by atoms with van der Waals surface area (Å²) in [5.74, 6) is 0. The van der Waals surface area contributed by atoms with Crippen molar-refractivity contribution in [3.63, 3.8) is 0 Å². The first-order chi connectivity index (χ1) is 5.22. The molecule has 0 amide bonds. The number of hydrogen-bond acceptors (Lipinski definition) is 2.